The van der Waals surface area contributed by atoms with Gasteiger partial charge in [-0.25, -0.2) is 0 Å². The fourth-order valence-corrected chi connectivity index (χ4v) is 1.91. The molecule has 1 heterocycles. The molecule has 3 nitrogen and oxygen atoms in total. The van der Waals surface area contributed by atoms with Crippen LogP contribution in [0.2, 0.25) is 0 Å². The first-order chi connectivity index (χ1) is 8.83. The van der Waals surface area contributed by atoms with Gasteiger partial charge < -0.3 is 10.3 Å². The van der Waals surface area contributed by atoms with Gasteiger partial charge in [-0.1, -0.05) is 18.2 Å². The molecule has 0 unspecified atom stereocenters. The fourth-order valence-electron chi connectivity index (χ4n) is 1.91. The van der Waals surface area contributed by atoms with Crippen molar-refractivity contribution in [3.63, 3.8) is 0 Å². The number of hydrogen-bond donors (Lipinski definition) is 2. The first-order valence-electron chi connectivity index (χ1n) is 6.10. The molecular weight excluding hydrogens is 224 g/mol. The highest BCUT2D eigenvalue weighted by molar-refractivity contribution is 6.06. The molecule has 0 saturated heterocycles. The Morgan fingerprint density at radius 1 is 1.33 bits per heavy atom. The monoisotopic (exact) mass is 240 g/mol. The molecule has 0 aliphatic carbocycles. The van der Waals surface area contributed by atoms with Crippen molar-refractivity contribution in [3.05, 3.63) is 36.0 Å². The zero-order valence-electron chi connectivity index (χ0n) is 10.2. The molecule has 0 aliphatic heterocycles. The molecule has 18 heavy (non-hydrogen) atoms. The number of H-pyrrole nitrogens is 1. The van der Waals surface area contributed by atoms with Gasteiger partial charge >= 0.3 is 0 Å². The Morgan fingerprint density at radius 3 is 3.00 bits per heavy atom. The van der Waals surface area contributed by atoms with E-state index in [4.69, 9.17) is 6.42 Å². The van der Waals surface area contributed by atoms with Crippen LogP contribution >= 0.6 is 0 Å². The fraction of sp³-hybridized carbons (Fsp3) is 0.267. The van der Waals surface area contributed by atoms with Gasteiger partial charge in [0.15, 0.2) is 0 Å². The average molecular weight is 240 g/mol. The van der Waals surface area contributed by atoms with E-state index in [-0.39, 0.29) is 5.91 Å². The summed E-state index contributed by atoms with van der Waals surface area (Å²) in [6.45, 7) is 0.667. The predicted octanol–water partition coefficient (Wildman–Crippen LogP) is 2.70. The number of carbonyl (C=O) groups is 1. The zero-order valence-corrected chi connectivity index (χ0v) is 10.2. The van der Waals surface area contributed by atoms with Gasteiger partial charge in [0.2, 0.25) is 0 Å². The minimum Gasteiger partial charge on any atom is -0.360 e. The standard InChI is InChI=1S/C15H16N2O/c1-2-3-4-7-10-16-15(18)13-11-17-14-9-6-5-8-12(13)14/h1,5-6,8-9,11,17H,3-4,7,10H2,(H,16,18). The van der Waals surface area contributed by atoms with Crippen LogP contribution in [0.25, 0.3) is 10.9 Å². The molecule has 0 fully saturated rings. The summed E-state index contributed by atoms with van der Waals surface area (Å²) in [5.74, 6) is 2.56. The molecule has 1 aromatic heterocycles. The number of aromatic nitrogens is 1. The number of carbonyl (C=O) groups excluding carboxylic acids is 1. The largest absolute Gasteiger partial charge is 0.360 e. The van der Waals surface area contributed by atoms with Crippen molar-refractivity contribution in [2.75, 3.05) is 6.54 Å². The van der Waals surface area contributed by atoms with Crippen molar-refractivity contribution in [3.8, 4) is 12.3 Å². The second-order valence-electron chi connectivity index (χ2n) is 4.17. The Balaban J connectivity index is 1.95. The number of rotatable bonds is 5. The van der Waals surface area contributed by atoms with E-state index >= 15 is 0 Å². The molecular formula is C15H16N2O. The lowest BCUT2D eigenvalue weighted by Gasteiger charge is -2.03. The van der Waals surface area contributed by atoms with E-state index in [0.29, 0.717) is 12.1 Å². The van der Waals surface area contributed by atoms with Gasteiger partial charge in [0.05, 0.1) is 5.56 Å². The third kappa shape index (κ3) is 2.72. The molecule has 0 bridgehead atoms. The van der Waals surface area contributed by atoms with Crippen molar-refractivity contribution in [2.45, 2.75) is 19.3 Å². The molecule has 0 aliphatic rings. The van der Waals surface area contributed by atoms with Crippen LogP contribution < -0.4 is 5.32 Å². The molecule has 92 valence electrons. The highest BCUT2D eigenvalue weighted by atomic mass is 16.1. The van der Waals surface area contributed by atoms with E-state index in [0.717, 1.165) is 30.2 Å². The maximum Gasteiger partial charge on any atom is 0.253 e. The Morgan fingerprint density at radius 2 is 2.17 bits per heavy atom. The van der Waals surface area contributed by atoms with Gasteiger partial charge in [-0.15, -0.1) is 12.3 Å². The smallest absolute Gasteiger partial charge is 0.253 e. The van der Waals surface area contributed by atoms with Crippen molar-refractivity contribution in [2.24, 2.45) is 0 Å². The van der Waals surface area contributed by atoms with Gasteiger partial charge in [0.1, 0.15) is 0 Å². The summed E-state index contributed by atoms with van der Waals surface area (Å²) >= 11 is 0. The van der Waals surface area contributed by atoms with E-state index < -0.39 is 0 Å². The maximum absolute atomic E-state index is 12.0. The molecule has 0 atom stereocenters. The number of nitrogens with one attached hydrogen (secondary N) is 2. The molecule has 2 N–H and O–H groups in total. The number of benzene rings is 1. The highest BCUT2D eigenvalue weighted by Gasteiger charge is 2.10. The van der Waals surface area contributed by atoms with Gasteiger partial charge in [0.25, 0.3) is 5.91 Å². The number of para-hydroxylation sites is 1. The van der Waals surface area contributed by atoms with Crippen LogP contribution in [0.3, 0.4) is 0 Å². The van der Waals surface area contributed by atoms with E-state index in [2.05, 4.69) is 16.2 Å². The molecule has 3 heteroatoms. The molecule has 1 aromatic carbocycles. The minimum absolute atomic E-state index is 0.0341. The molecule has 0 radical (unpaired) electrons. The lowest BCUT2D eigenvalue weighted by atomic mass is 10.1. The molecule has 0 saturated carbocycles. The Kier molecular flexibility index (Phi) is 4.03. The van der Waals surface area contributed by atoms with Gasteiger partial charge in [-0.3, -0.25) is 4.79 Å². The van der Waals surface area contributed by atoms with Crippen LogP contribution in [-0.4, -0.2) is 17.4 Å². The SMILES string of the molecule is C#CCCCCNC(=O)c1c[nH]c2ccccc12. The lowest BCUT2D eigenvalue weighted by molar-refractivity contribution is 0.0955. The van der Waals surface area contributed by atoms with Crippen LogP contribution in [0.4, 0.5) is 0 Å². The van der Waals surface area contributed by atoms with Crippen LogP contribution in [-0.2, 0) is 0 Å². The summed E-state index contributed by atoms with van der Waals surface area (Å²) < 4.78 is 0. The highest BCUT2D eigenvalue weighted by Crippen LogP contribution is 2.17. The second-order valence-corrected chi connectivity index (χ2v) is 4.17. The first kappa shape index (κ1) is 12.3. The van der Waals surface area contributed by atoms with Crippen LogP contribution in [0.5, 0.6) is 0 Å². The molecule has 0 spiro atoms. The summed E-state index contributed by atoms with van der Waals surface area (Å²) in [6, 6.07) is 7.78. The maximum atomic E-state index is 12.0. The van der Waals surface area contributed by atoms with E-state index in [9.17, 15) is 4.79 Å². The summed E-state index contributed by atoms with van der Waals surface area (Å²) in [5.41, 5.74) is 1.68. The van der Waals surface area contributed by atoms with Gasteiger partial charge in [-0.05, 0) is 18.9 Å². The number of unbranched alkanes of at least 4 members (excludes halogenated alkanes) is 2. The van der Waals surface area contributed by atoms with Crippen molar-refractivity contribution in [1.29, 1.82) is 0 Å². The molecule has 2 aromatic rings. The third-order valence-corrected chi connectivity index (χ3v) is 2.87. The van der Waals surface area contributed by atoms with Crippen LogP contribution in [0, 0.1) is 12.3 Å². The Bertz CT molecular complexity index is 577. The van der Waals surface area contributed by atoms with E-state index in [1.807, 2.05) is 24.3 Å². The zero-order chi connectivity index (χ0) is 12.8. The van der Waals surface area contributed by atoms with E-state index in [1.54, 1.807) is 6.20 Å². The topological polar surface area (TPSA) is 44.9 Å². The van der Waals surface area contributed by atoms with E-state index in [1.165, 1.54) is 0 Å². The number of terminal acetylenes is 1. The number of fused-ring (bicyclic) bond motifs is 1. The number of amides is 1. The van der Waals surface area contributed by atoms with Crippen LogP contribution in [0.1, 0.15) is 29.6 Å². The predicted molar refractivity (Wildman–Crippen MR) is 73.3 cm³/mol. The normalized spacial score (nSPS) is 10.2. The van der Waals surface area contributed by atoms with Gasteiger partial charge in [-0.2, -0.15) is 0 Å². The first-order valence-corrected chi connectivity index (χ1v) is 6.10. The second kappa shape index (κ2) is 5.92. The minimum atomic E-state index is -0.0341. The van der Waals surface area contributed by atoms with Crippen molar-refractivity contribution < 1.29 is 4.79 Å². The van der Waals surface area contributed by atoms with Gasteiger partial charge in [0, 0.05) is 30.1 Å². The summed E-state index contributed by atoms with van der Waals surface area (Å²) in [4.78, 5) is 15.1. The number of aromatic amines is 1. The third-order valence-electron chi connectivity index (χ3n) is 2.87. The Labute approximate surface area is 107 Å². The summed E-state index contributed by atoms with van der Waals surface area (Å²) in [7, 11) is 0. The molecule has 2 rings (SSSR count). The van der Waals surface area contributed by atoms with Crippen LogP contribution in [0.15, 0.2) is 30.5 Å². The summed E-state index contributed by atoms with van der Waals surface area (Å²) in [5, 5.41) is 3.87. The van der Waals surface area contributed by atoms with Crippen molar-refractivity contribution >= 4 is 16.8 Å². The Hall–Kier alpha value is -2.21. The number of hydrogen-bond acceptors (Lipinski definition) is 1. The summed E-state index contributed by atoms with van der Waals surface area (Å²) in [6.07, 6.45) is 9.55. The lowest BCUT2D eigenvalue weighted by Crippen LogP contribution is -2.24. The quantitative estimate of drug-likeness (QED) is 0.612. The van der Waals surface area contributed by atoms with Crippen molar-refractivity contribution in [1.82, 2.24) is 10.3 Å². The molecule has 1 amide bonds. The average Bonchev–Trinajstić information content (AvgIpc) is 2.82.